The van der Waals surface area contributed by atoms with E-state index in [4.69, 9.17) is 0 Å². The maximum Gasteiger partial charge on any atom is 0.347 e. The van der Waals surface area contributed by atoms with Crippen LogP contribution in [0.1, 0.15) is 0 Å². The SMILES string of the molecule is O=C1N=C2C=CC(=O)C(=O)C2C(=O)N1. The average Bonchev–Trinajstić information content (AvgIpc) is 2.10. The van der Waals surface area contributed by atoms with E-state index in [2.05, 4.69) is 4.99 Å². The molecule has 2 aliphatic rings. The van der Waals surface area contributed by atoms with Crippen molar-refractivity contribution in [3.63, 3.8) is 0 Å². The fourth-order valence-electron chi connectivity index (χ4n) is 1.29. The molecule has 0 radical (unpaired) electrons. The summed E-state index contributed by atoms with van der Waals surface area (Å²) in [4.78, 5) is 47.5. The van der Waals surface area contributed by atoms with Crippen LogP contribution in [-0.2, 0) is 14.4 Å². The molecule has 1 heterocycles. The lowest BCUT2D eigenvalue weighted by molar-refractivity contribution is -0.139. The van der Waals surface area contributed by atoms with Crippen LogP contribution in [0.3, 0.4) is 0 Å². The van der Waals surface area contributed by atoms with E-state index in [0.717, 1.165) is 6.08 Å². The van der Waals surface area contributed by atoms with Gasteiger partial charge in [-0.15, -0.1) is 0 Å². The van der Waals surface area contributed by atoms with Gasteiger partial charge in [0, 0.05) is 0 Å². The number of allylic oxidation sites excluding steroid dienone is 2. The van der Waals surface area contributed by atoms with Crippen molar-refractivity contribution in [3.8, 4) is 0 Å². The number of amides is 3. The van der Waals surface area contributed by atoms with E-state index in [1.165, 1.54) is 6.08 Å². The van der Waals surface area contributed by atoms with Gasteiger partial charge in [-0.05, 0) is 12.2 Å². The number of carbonyl (C=O) groups excluding carboxylic acids is 4. The minimum Gasteiger partial charge on any atom is -0.289 e. The number of imide groups is 1. The van der Waals surface area contributed by atoms with E-state index < -0.39 is 29.4 Å². The Bertz CT molecular complexity index is 433. The molecule has 6 nitrogen and oxygen atoms in total. The van der Waals surface area contributed by atoms with Crippen LogP contribution in [0.25, 0.3) is 0 Å². The van der Waals surface area contributed by atoms with Crippen molar-refractivity contribution in [1.29, 1.82) is 0 Å². The molecule has 0 spiro atoms. The number of aliphatic imine (C=N–C) groups is 1. The summed E-state index contributed by atoms with van der Waals surface area (Å²) < 4.78 is 0. The zero-order valence-corrected chi connectivity index (χ0v) is 6.81. The first-order valence-corrected chi connectivity index (χ1v) is 3.79. The van der Waals surface area contributed by atoms with Gasteiger partial charge in [-0.25, -0.2) is 4.79 Å². The predicted molar refractivity (Wildman–Crippen MR) is 43.6 cm³/mol. The van der Waals surface area contributed by atoms with Crippen molar-refractivity contribution in [2.45, 2.75) is 0 Å². The third-order valence-corrected chi connectivity index (χ3v) is 1.93. The van der Waals surface area contributed by atoms with Gasteiger partial charge >= 0.3 is 6.03 Å². The van der Waals surface area contributed by atoms with Crippen LogP contribution >= 0.6 is 0 Å². The number of nitrogens with zero attached hydrogens (tertiary/aromatic N) is 1. The van der Waals surface area contributed by atoms with Crippen LogP contribution in [0.5, 0.6) is 0 Å². The molecule has 14 heavy (non-hydrogen) atoms. The zero-order valence-electron chi connectivity index (χ0n) is 6.81. The Morgan fingerprint density at radius 3 is 2.57 bits per heavy atom. The van der Waals surface area contributed by atoms with Crippen molar-refractivity contribution in [3.05, 3.63) is 12.2 Å². The number of ketones is 2. The van der Waals surface area contributed by atoms with Crippen LogP contribution in [0, 0.1) is 5.92 Å². The lowest BCUT2D eigenvalue weighted by Crippen LogP contribution is -2.49. The lowest BCUT2D eigenvalue weighted by Gasteiger charge is -2.19. The predicted octanol–water partition coefficient (Wildman–Crippen LogP) is -0.999. The molecule has 6 heteroatoms. The van der Waals surface area contributed by atoms with Crippen molar-refractivity contribution in [1.82, 2.24) is 5.32 Å². The second-order valence-electron chi connectivity index (χ2n) is 2.83. The molecular formula is C8H4N2O4. The highest BCUT2D eigenvalue weighted by Crippen LogP contribution is 2.14. The number of rotatable bonds is 0. The highest BCUT2D eigenvalue weighted by atomic mass is 16.2. The molecule has 1 aliphatic heterocycles. The van der Waals surface area contributed by atoms with Crippen LogP contribution in [0.2, 0.25) is 0 Å². The molecule has 0 aromatic heterocycles. The van der Waals surface area contributed by atoms with Crippen molar-refractivity contribution in [2.24, 2.45) is 10.9 Å². The van der Waals surface area contributed by atoms with Crippen LogP contribution in [0.15, 0.2) is 17.1 Å². The monoisotopic (exact) mass is 192 g/mol. The van der Waals surface area contributed by atoms with Crippen LogP contribution < -0.4 is 5.32 Å². The molecule has 2 rings (SSSR count). The minimum absolute atomic E-state index is 0.0309. The number of hydrogen-bond donors (Lipinski definition) is 1. The fourth-order valence-corrected chi connectivity index (χ4v) is 1.29. The van der Waals surface area contributed by atoms with Gasteiger partial charge < -0.3 is 0 Å². The second-order valence-corrected chi connectivity index (χ2v) is 2.83. The molecule has 0 aromatic carbocycles. The van der Waals surface area contributed by atoms with Crippen molar-refractivity contribution >= 4 is 29.2 Å². The van der Waals surface area contributed by atoms with Crippen molar-refractivity contribution < 1.29 is 19.2 Å². The summed E-state index contributed by atoms with van der Waals surface area (Å²) in [6.45, 7) is 0. The number of Topliss-reactive ketones (excluding diaryl/α,β-unsaturated/α-hetero) is 1. The third kappa shape index (κ3) is 1.08. The Balaban J connectivity index is 2.54. The molecule has 0 saturated carbocycles. The Hall–Kier alpha value is -2.11. The fraction of sp³-hybridized carbons (Fsp3) is 0.125. The normalized spacial score (nSPS) is 25.7. The molecule has 0 saturated heterocycles. The maximum atomic E-state index is 11.2. The summed E-state index contributed by atoms with van der Waals surface area (Å²) in [7, 11) is 0. The van der Waals surface area contributed by atoms with Gasteiger partial charge in [0.25, 0.3) is 0 Å². The summed E-state index contributed by atoms with van der Waals surface area (Å²) in [5, 5.41) is 1.86. The number of hydrogen-bond acceptors (Lipinski definition) is 4. The smallest absolute Gasteiger partial charge is 0.289 e. The van der Waals surface area contributed by atoms with E-state index in [1.807, 2.05) is 5.32 Å². The van der Waals surface area contributed by atoms with Gasteiger partial charge in [-0.2, -0.15) is 4.99 Å². The summed E-state index contributed by atoms with van der Waals surface area (Å²) in [5.41, 5.74) is 0.0309. The van der Waals surface area contributed by atoms with Crippen molar-refractivity contribution in [2.75, 3.05) is 0 Å². The van der Waals surface area contributed by atoms with Gasteiger partial charge in [0.2, 0.25) is 17.5 Å². The van der Waals surface area contributed by atoms with E-state index in [9.17, 15) is 19.2 Å². The molecule has 0 aromatic rings. The highest BCUT2D eigenvalue weighted by molar-refractivity contribution is 6.54. The average molecular weight is 192 g/mol. The second kappa shape index (κ2) is 2.69. The number of urea groups is 1. The minimum atomic E-state index is -1.25. The standard InChI is InChI=1S/C8H4N2O4/c11-4-2-1-3-5(6(4)12)7(13)10-8(14)9-3/h1-2,5H,(H,10,13,14). The van der Waals surface area contributed by atoms with E-state index in [0.29, 0.717) is 0 Å². The first-order chi connectivity index (χ1) is 6.59. The molecule has 1 aliphatic carbocycles. The zero-order chi connectivity index (χ0) is 10.3. The Kier molecular flexibility index (Phi) is 1.63. The Labute approximate surface area is 77.7 Å². The number of fused-ring (bicyclic) bond motifs is 1. The van der Waals surface area contributed by atoms with Gasteiger partial charge in [0.05, 0.1) is 5.71 Å². The van der Waals surface area contributed by atoms with E-state index >= 15 is 0 Å². The summed E-state index contributed by atoms with van der Waals surface area (Å²) in [5.74, 6) is -3.64. The van der Waals surface area contributed by atoms with Gasteiger partial charge in [0.15, 0.2) is 0 Å². The van der Waals surface area contributed by atoms with Gasteiger partial charge in [0.1, 0.15) is 5.92 Å². The Morgan fingerprint density at radius 1 is 1.14 bits per heavy atom. The topological polar surface area (TPSA) is 92.7 Å². The van der Waals surface area contributed by atoms with Gasteiger partial charge in [-0.3, -0.25) is 19.7 Å². The molecule has 1 N–H and O–H groups in total. The van der Waals surface area contributed by atoms with Crippen LogP contribution in [0.4, 0.5) is 4.79 Å². The lowest BCUT2D eigenvalue weighted by atomic mass is 9.88. The quantitative estimate of drug-likeness (QED) is 0.393. The molecule has 1 atom stereocenters. The summed E-state index contributed by atoms with van der Waals surface area (Å²) >= 11 is 0. The Morgan fingerprint density at radius 2 is 1.86 bits per heavy atom. The van der Waals surface area contributed by atoms with Gasteiger partial charge in [-0.1, -0.05) is 0 Å². The number of carbonyl (C=O) groups is 4. The van der Waals surface area contributed by atoms with E-state index in [-0.39, 0.29) is 5.71 Å². The van der Waals surface area contributed by atoms with Crippen LogP contribution in [-0.4, -0.2) is 29.2 Å². The highest BCUT2D eigenvalue weighted by Gasteiger charge is 2.40. The summed E-state index contributed by atoms with van der Waals surface area (Å²) in [6, 6.07) is -0.812. The largest absolute Gasteiger partial charge is 0.347 e. The first kappa shape index (κ1) is 8.49. The third-order valence-electron chi connectivity index (χ3n) is 1.93. The summed E-state index contributed by atoms with van der Waals surface area (Å²) in [6.07, 6.45) is 2.22. The molecule has 0 fully saturated rings. The van der Waals surface area contributed by atoms with E-state index in [1.54, 1.807) is 0 Å². The molecule has 70 valence electrons. The maximum absolute atomic E-state index is 11.2. The molecule has 3 amide bonds. The first-order valence-electron chi connectivity index (χ1n) is 3.79. The molecule has 1 unspecified atom stereocenters. The molecule has 0 bridgehead atoms. The number of nitrogens with one attached hydrogen (secondary N) is 1. The molecular weight excluding hydrogens is 188 g/mol.